The number of nitrogens with one attached hydrogen (secondary N) is 4. The number of phosphoric acid groups is 2. The van der Waals surface area contributed by atoms with Crippen LogP contribution in [0.15, 0.2) is 0 Å². The van der Waals surface area contributed by atoms with Gasteiger partial charge < -0.3 is 36.2 Å². The van der Waals surface area contributed by atoms with E-state index in [4.69, 9.17) is 18.1 Å². The SMILES string of the molecule is CC(C)NC1CNC(COP(=O)(O)OCC(O)COP(=O)(O)OCC2CC(NC(C)C)CN2)C1. The Hall–Kier alpha value is 0.0200. The molecule has 0 radical (unpaired) electrons. The molecule has 0 aromatic heterocycles. The van der Waals surface area contributed by atoms with Crippen LogP contribution >= 0.6 is 15.6 Å². The topological polar surface area (TPSA) is 180 Å². The van der Waals surface area contributed by atoms with E-state index in [9.17, 15) is 24.0 Å². The molecule has 0 saturated carbocycles. The third-order valence-corrected chi connectivity index (χ3v) is 7.22. The molecule has 2 heterocycles. The van der Waals surface area contributed by atoms with Crippen molar-refractivity contribution in [3.63, 3.8) is 0 Å². The molecule has 15 heteroatoms. The van der Waals surface area contributed by atoms with E-state index in [1.807, 2.05) is 27.7 Å². The van der Waals surface area contributed by atoms with Crippen LogP contribution in [-0.2, 0) is 27.2 Å². The van der Waals surface area contributed by atoms with Gasteiger partial charge in [-0.3, -0.25) is 18.1 Å². The minimum absolute atomic E-state index is 0.0287. The van der Waals surface area contributed by atoms with Crippen molar-refractivity contribution in [3.8, 4) is 0 Å². The van der Waals surface area contributed by atoms with E-state index in [2.05, 4.69) is 21.3 Å². The maximum absolute atomic E-state index is 12.1. The Balaban J connectivity index is 1.60. The summed E-state index contributed by atoms with van der Waals surface area (Å²) in [5.41, 5.74) is 0. The molecule has 6 atom stereocenters. The average molecular weight is 533 g/mol. The van der Waals surface area contributed by atoms with Gasteiger partial charge in [-0.15, -0.1) is 0 Å². The van der Waals surface area contributed by atoms with Gasteiger partial charge in [-0.1, -0.05) is 27.7 Å². The van der Waals surface area contributed by atoms with Crippen LogP contribution in [0.2, 0.25) is 0 Å². The summed E-state index contributed by atoms with van der Waals surface area (Å²) in [5, 5.41) is 23.1. The second-order valence-corrected chi connectivity index (χ2v) is 12.4. The van der Waals surface area contributed by atoms with Gasteiger partial charge in [0.2, 0.25) is 0 Å². The van der Waals surface area contributed by atoms with Crippen LogP contribution in [0, 0.1) is 0 Å². The maximum Gasteiger partial charge on any atom is 0.472 e. The smallest absolute Gasteiger partial charge is 0.388 e. The second-order valence-electron chi connectivity index (χ2n) is 9.49. The van der Waals surface area contributed by atoms with Crippen molar-refractivity contribution in [1.82, 2.24) is 21.3 Å². The summed E-state index contributed by atoms with van der Waals surface area (Å²) < 4.78 is 43.7. The first kappa shape index (κ1) is 30.2. The van der Waals surface area contributed by atoms with E-state index in [0.717, 1.165) is 25.9 Å². The summed E-state index contributed by atoms with van der Waals surface area (Å²) in [7, 11) is -8.81. The van der Waals surface area contributed by atoms with E-state index >= 15 is 0 Å². The first-order chi connectivity index (χ1) is 15.8. The van der Waals surface area contributed by atoms with Gasteiger partial charge in [0.25, 0.3) is 0 Å². The molecule has 0 spiro atoms. The summed E-state index contributed by atoms with van der Waals surface area (Å²) in [6.45, 7) is 8.36. The van der Waals surface area contributed by atoms with Crippen LogP contribution in [0.5, 0.6) is 0 Å². The van der Waals surface area contributed by atoms with Crippen molar-refractivity contribution in [3.05, 3.63) is 0 Å². The molecule has 2 fully saturated rings. The maximum atomic E-state index is 12.1. The number of rotatable bonds is 16. The number of aliphatic hydroxyl groups excluding tert-OH is 1. The van der Waals surface area contributed by atoms with Gasteiger partial charge in [0, 0.05) is 49.3 Å². The minimum Gasteiger partial charge on any atom is -0.388 e. The third-order valence-electron chi connectivity index (χ3n) is 5.32. The Morgan fingerprint density at radius 1 is 0.794 bits per heavy atom. The van der Waals surface area contributed by atoms with E-state index in [1.54, 1.807) is 0 Å². The van der Waals surface area contributed by atoms with Crippen LogP contribution in [-0.4, -0.2) is 96.8 Å². The van der Waals surface area contributed by atoms with Gasteiger partial charge in [0.05, 0.1) is 26.4 Å². The average Bonchev–Trinajstić information content (AvgIpc) is 3.36. The molecule has 2 saturated heterocycles. The zero-order chi connectivity index (χ0) is 25.4. The lowest BCUT2D eigenvalue weighted by atomic mass is 10.1. The first-order valence-electron chi connectivity index (χ1n) is 11.7. The molecule has 202 valence electrons. The van der Waals surface area contributed by atoms with Crippen molar-refractivity contribution in [1.29, 1.82) is 0 Å². The van der Waals surface area contributed by atoms with Gasteiger partial charge in [0.1, 0.15) is 6.10 Å². The lowest BCUT2D eigenvalue weighted by molar-refractivity contribution is 0.0284. The normalized spacial score (nSPS) is 30.0. The molecule has 7 N–H and O–H groups in total. The largest absolute Gasteiger partial charge is 0.472 e. The van der Waals surface area contributed by atoms with E-state index in [0.29, 0.717) is 12.1 Å². The fourth-order valence-electron chi connectivity index (χ4n) is 3.94. The molecule has 0 bridgehead atoms. The highest BCUT2D eigenvalue weighted by atomic mass is 31.2. The van der Waals surface area contributed by atoms with E-state index < -0.39 is 35.0 Å². The summed E-state index contributed by atoms with van der Waals surface area (Å²) in [6, 6.07) is 0.978. The highest BCUT2D eigenvalue weighted by molar-refractivity contribution is 7.47. The lowest BCUT2D eigenvalue weighted by Gasteiger charge is -2.19. The van der Waals surface area contributed by atoms with Gasteiger partial charge in [-0.25, -0.2) is 9.13 Å². The Kier molecular flexibility index (Phi) is 12.5. The number of aliphatic hydroxyl groups is 1. The van der Waals surface area contributed by atoms with Gasteiger partial charge >= 0.3 is 15.6 Å². The quantitative estimate of drug-likeness (QED) is 0.133. The molecule has 34 heavy (non-hydrogen) atoms. The second kappa shape index (κ2) is 14.1. The summed E-state index contributed by atoms with van der Waals surface area (Å²) >= 11 is 0. The van der Waals surface area contributed by atoms with Crippen LogP contribution in [0.1, 0.15) is 40.5 Å². The number of hydrogen-bond donors (Lipinski definition) is 7. The van der Waals surface area contributed by atoms with Crippen LogP contribution in [0.3, 0.4) is 0 Å². The van der Waals surface area contributed by atoms with E-state index in [1.165, 1.54) is 0 Å². The van der Waals surface area contributed by atoms with Crippen molar-refractivity contribution >= 4 is 15.6 Å². The molecule has 2 aliphatic rings. The zero-order valence-corrected chi connectivity index (χ0v) is 22.2. The fraction of sp³-hybridized carbons (Fsp3) is 1.00. The Labute approximate surface area is 201 Å². The molecule has 0 aromatic carbocycles. The summed E-state index contributed by atoms with van der Waals surface area (Å²) in [4.78, 5) is 19.6. The predicted octanol–water partition coefficient (Wildman–Crippen LogP) is 0.0715. The van der Waals surface area contributed by atoms with Crippen molar-refractivity contribution in [2.45, 2.75) is 82.9 Å². The van der Waals surface area contributed by atoms with Gasteiger partial charge in [-0.2, -0.15) is 0 Å². The van der Waals surface area contributed by atoms with E-state index in [-0.39, 0.29) is 37.4 Å². The highest BCUT2D eigenvalue weighted by Crippen LogP contribution is 2.45. The molecule has 2 aliphatic heterocycles. The number of phosphoric ester groups is 2. The Morgan fingerprint density at radius 3 is 1.53 bits per heavy atom. The highest BCUT2D eigenvalue weighted by Gasteiger charge is 2.31. The minimum atomic E-state index is -4.41. The first-order valence-corrected chi connectivity index (χ1v) is 14.7. The van der Waals surface area contributed by atoms with Crippen LogP contribution in [0.25, 0.3) is 0 Å². The number of hydrogen-bond acceptors (Lipinski definition) is 11. The van der Waals surface area contributed by atoms with Crippen LogP contribution < -0.4 is 21.3 Å². The third kappa shape index (κ3) is 12.3. The molecular formula is C19H42N4O9P2. The molecular weight excluding hydrogens is 490 g/mol. The Morgan fingerprint density at radius 2 is 1.18 bits per heavy atom. The van der Waals surface area contributed by atoms with Crippen molar-refractivity contribution < 1.29 is 42.1 Å². The Bertz CT molecular complexity index is 647. The summed E-state index contributed by atoms with van der Waals surface area (Å²) in [5.74, 6) is 0. The van der Waals surface area contributed by atoms with Crippen molar-refractivity contribution in [2.24, 2.45) is 0 Å². The van der Waals surface area contributed by atoms with Gasteiger partial charge in [-0.05, 0) is 12.8 Å². The zero-order valence-electron chi connectivity index (χ0n) is 20.4. The van der Waals surface area contributed by atoms with Crippen molar-refractivity contribution in [2.75, 3.05) is 39.5 Å². The lowest BCUT2D eigenvalue weighted by Crippen LogP contribution is -2.35. The van der Waals surface area contributed by atoms with Crippen LogP contribution in [0.4, 0.5) is 0 Å². The molecule has 13 nitrogen and oxygen atoms in total. The molecule has 2 rings (SSSR count). The molecule has 0 aliphatic carbocycles. The van der Waals surface area contributed by atoms with Gasteiger partial charge in [0.15, 0.2) is 0 Å². The monoisotopic (exact) mass is 532 g/mol. The molecule has 0 amide bonds. The fourth-order valence-corrected chi connectivity index (χ4v) is 5.55. The molecule has 0 aromatic rings. The molecule has 6 unspecified atom stereocenters. The standard InChI is InChI=1S/C19H42N4O9P2/c1-13(2)22-15-5-17(20-7-15)9-29-33(25,26)31-11-19(24)12-32-34(27,28)30-10-18-6-16(8-21-18)23-14(3)4/h13-24H,5-12H2,1-4H3,(H,25,26)(H,27,28). The summed E-state index contributed by atoms with van der Waals surface area (Å²) in [6.07, 6.45) is 0.0545. The predicted molar refractivity (Wildman–Crippen MR) is 126 cm³/mol.